The Kier molecular flexibility index (Phi) is 3.69. The molecule has 2 rings (SSSR count). The van der Waals surface area contributed by atoms with Crippen molar-refractivity contribution in [3.05, 3.63) is 57.5 Å². The summed E-state index contributed by atoms with van der Waals surface area (Å²) in [6.45, 7) is 3.40. The minimum atomic E-state index is -1.02. The van der Waals surface area contributed by atoms with Crippen molar-refractivity contribution in [1.82, 2.24) is 0 Å². The lowest BCUT2D eigenvalue weighted by molar-refractivity contribution is -0.384. The maximum Gasteiger partial charge on any atom is 0.298 e. The van der Waals surface area contributed by atoms with Gasteiger partial charge in [0.25, 0.3) is 5.69 Å². The van der Waals surface area contributed by atoms with Crippen molar-refractivity contribution >= 4 is 11.4 Å². The number of hydrogen-bond acceptors (Lipinski definition) is 4. The molecule has 1 N–H and O–H groups in total. The lowest BCUT2D eigenvalue weighted by Gasteiger charge is -2.13. The number of nitrogens with zero attached hydrogens (tertiary/aromatic N) is 1. The van der Waals surface area contributed by atoms with E-state index in [0.29, 0.717) is 23.7 Å². The van der Waals surface area contributed by atoms with Crippen molar-refractivity contribution in [2.45, 2.75) is 19.9 Å². The van der Waals surface area contributed by atoms with Crippen molar-refractivity contribution in [2.24, 2.45) is 0 Å². The molecule has 1 atom stereocenters. The predicted molar refractivity (Wildman–Crippen MR) is 68.5 cm³/mol. The first kappa shape index (κ1) is 14.0. The first-order valence-electron chi connectivity index (χ1n) is 5.85. The number of nitro groups is 1. The fraction of sp³-hybridized carbons (Fsp3) is 0.231. The van der Waals surface area contributed by atoms with Gasteiger partial charge < -0.3 is 9.73 Å². The number of rotatable bonds is 4. The molecule has 106 valence electrons. The van der Waals surface area contributed by atoms with Crippen LogP contribution in [0.2, 0.25) is 0 Å². The molecule has 0 saturated carbocycles. The zero-order chi connectivity index (χ0) is 14.9. The van der Waals surface area contributed by atoms with Crippen LogP contribution >= 0.6 is 0 Å². The number of nitro benzene ring substituents is 1. The Morgan fingerprint density at radius 1 is 1.35 bits per heavy atom. The Labute approximate surface area is 113 Å². The highest BCUT2D eigenvalue weighted by Crippen LogP contribution is 2.32. The quantitative estimate of drug-likeness (QED) is 0.681. The predicted octanol–water partition coefficient (Wildman–Crippen LogP) is 3.95. The van der Waals surface area contributed by atoms with Crippen LogP contribution in [0.25, 0.3) is 0 Å². The van der Waals surface area contributed by atoms with E-state index in [2.05, 4.69) is 5.32 Å². The van der Waals surface area contributed by atoms with Crippen LogP contribution in [-0.2, 0) is 0 Å². The molecular formula is C13H12F2N2O3. The summed E-state index contributed by atoms with van der Waals surface area (Å²) in [6, 6.07) is 4.17. The van der Waals surface area contributed by atoms with Gasteiger partial charge in [-0.25, -0.2) is 8.78 Å². The van der Waals surface area contributed by atoms with Gasteiger partial charge in [-0.05, 0) is 26.0 Å². The minimum Gasteiger partial charge on any atom is -0.464 e. The van der Waals surface area contributed by atoms with Gasteiger partial charge in [0.1, 0.15) is 17.3 Å². The monoisotopic (exact) mass is 282 g/mol. The molecule has 0 radical (unpaired) electrons. The molecule has 0 bridgehead atoms. The summed E-state index contributed by atoms with van der Waals surface area (Å²) in [4.78, 5) is 10.0. The van der Waals surface area contributed by atoms with E-state index in [1.165, 1.54) is 0 Å². The Hall–Kier alpha value is -2.44. The molecule has 0 aliphatic heterocycles. The fourth-order valence-electron chi connectivity index (χ4n) is 1.82. The van der Waals surface area contributed by atoms with Crippen molar-refractivity contribution in [3.63, 3.8) is 0 Å². The van der Waals surface area contributed by atoms with Crippen molar-refractivity contribution in [3.8, 4) is 0 Å². The average molecular weight is 282 g/mol. The molecule has 20 heavy (non-hydrogen) atoms. The zero-order valence-electron chi connectivity index (χ0n) is 10.8. The first-order valence-corrected chi connectivity index (χ1v) is 5.85. The lowest BCUT2D eigenvalue weighted by Crippen LogP contribution is -2.09. The standard InChI is InChI=1S/C13H12F2N2O3/c1-7-3-4-12(20-7)8(2)16-13-10(15)5-9(14)6-11(13)17(18)19/h3-6,8,16H,1-2H3. The molecule has 0 amide bonds. The molecule has 1 aromatic heterocycles. The van der Waals surface area contributed by atoms with Crippen molar-refractivity contribution in [2.75, 3.05) is 5.32 Å². The third kappa shape index (κ3) is 2.76. The van der Waals surface area contributed by atoms with Gasteiger partial charge in [-0.15, -0.1) is 0 Å². The SMILES string of the molecule is Cc1ccc(C(C)Nc2c(F)cc(F)cc2[N+](=O)[O-])o1. The highest BCUT2D eigenvalue weighted by molar-refractivity contribution is 5.63. The molecule has 1 aromatic carbocycles. The molecule has 0 fully saturated rings. The molecule has 1 unspecified atom stereocenters. The summed E-state index contributed by atoms with van der Waals surface area (Å²) < 4.78 is 32.1. The van der Waals surface area contributed by atoms with Gasteiger partial charge in [-0.2, -0.15) is 0 Å². The van der Waals surface area contributed by atoms with Gasteiger partial charge in [0, 0.05) is 6.07 Å². The van der Waals surface area contributed by atoms with Crippen molar-refractivity contribution in [1.29, 1.82) is 0 Å². The molecule has 0 saturated heterocycles. The molecular weight excluding hydrogens is 270 g/mol. The highest BCUT2D eigenvalue weighted by Gasteiger charge is 2.23. The van der Waals surface area contributed by atoms with E-state index in [9.17, 15) is 18.9 Å². The normalized spacial score (nSPS) is 12.2. The van der Waals surface area contributed by atoms with E-state index >= 15 is 0 Å². The van der Waals surface area contributed by atoms with Crippen LogP contribution in [0.3, 0.4) is 0 Å². The second-order valence-corrected chi connectivity index (χ2v) is 4.35. The third-order valence-corrected chi connectivity index (χ3v) is 2.78. The van der Waals surface area contributed by atoms with Crippen LogP contribution in [0.1, 0.15) is 24.5 Å². The van der Waals surface area contributed by atoms with Crippen LogP contribution < -0.4 is 5.32 Å². The third-order valence-electron chi connectivity index (χ3n) is 2.78. The van der Waals surface area contributed by atoms with E-state index in [1.807, 2.05) is 0 Å². The van der Waals surface area contributed by atoms with E-state index in [4.69, 9.17) is 4.42 Å². The Bertz CT molecular complexity index is 655. The van der Waals surface area contributed by atoms with Crippen LogP contribution in [-0.4, -0.2) is 4.92 Å². The van der Waals surface area contributed by atoms with Gasteiger partial charge in [0.15, 0.2) is 11.5 Å². The van der Waals surface area contributed by atoms with Gasteiger partial charge in [0.2, 0.25) is 0 Å². The van der Waals surface area contributed by atoms with E-state index in [1.54, 1.807) is 26.0 Å². The molecule has 0 spiro atoms. The number of aryl methyl sites for hydroxylation is 1. The summed E-state index contributed by atoms with van der Waals surface area (Å²) in [5, 5.41) is 13.5. The summed E-state index contributed by atoms with van der Waals surface area (Å²) >= 11 is 0. The Morgan fingerprint density at radius 3 is 2.60 bits per heavy atom. The molecule has 7 heteroatoms. The lowest BCUT2D eigenvalue weighted by atomic mass is 10.2. The van der Waals surface area contributed by atoms with Crippen LogP contribution in [0, 0.1) is 28.7 Å². The first-order chi connectivity index (χ1) is 9.38. The zero-order valence-corrected chi connectivity index (χ0v) is 10.8. The number of nitrogens with one attached hydrogen (secondary N) is 1. The molecule has 0 aliphatic carbocycles. The Balaban J connectivity index is 2.35. The maximum absolute atomic E-state index is 13.7. The average Bonchev–Trinajstić information content (AvgIpc) is 2.78. The molecule has 5 nitrogen and oxygen atoms in total. The van der Waals surface area contributed by atoms with Gasteiger partial charge in [-0.1, -0.05) is 0 Å². The summed E-state index contributed by atoms with van der Waals surface area (Å²) in [6.07, 6.45) is 0. The van der Waals surface area contributed by atoms with Crippen LogP contribution in [0.5, 0.6) is 0 Å². The second kappa shape index (κ2) is 5.28. The van der Waals surface area contributed by atoms with Crippen molar-refractivity contribution < 1.29 is 18.1 Å². The van der Waals surface area contributed by atoms with Gasteiger partial charge >= 0.3 is 0 Å². The van der Waals surface area contributed by atoms with Crippen LogP contribution in [0.4, 0.5) is 20.2 Å². The number of anilines is 1. The Morgan fingerprint density at radius 2 is 2.05 bits per heavy atom. The summed E-state index contributed by atoms with van der Waals surface area (Å²) in [5.41, 5.74) is -1.02. The number of halogens is 2. The number of hydrogen-bond donors (Lipinski definition) is 1. The second-order valence-electron chi connectivity index (χ2n) is 4.35. The maximum atomic E-state index is 13.7. The van der Waals surface area contributed by atoms with Gasteiger partial charge in [-0.3, -0.25) is 10.1 Å². The minimum absolute atomic E-state index is 0.363. The highest BCUT2D eigenvalue weighted by atomic mass is 19.1. The molecule has 0 aliphatic rings. The molecule has 2 aromatic rings. The number of benzene rings is 1. The van der Waals surface area contributed by atoms with Gasteiger partial charge in [0.05, 0.1) is 17.0 Å². The fourth-order valence-corrected chi connectivity index (χ4v) is 1.82. The van der Waals surface area contributed by atoms with E-state index < -0.39 is 28.3 Å². The largest absolute Gasteiger partial charge is 0.464 e. The smallest absolute Gasteiger partial charge is 0.298 e. The number of furan rings is 1. The van der Waals surface area contributed by atoms with Crippen LogP contribution in [0.15, 0.2) is 28.7 Å². The van der Waals surface area contributed by atoms with E-state index in [-0.39, 0.29) is 5.69 Å². The summed E-state index contributed by atoms with van der Waals surface area (Å²) in [7, 11) is 0. The topological polar surface area (TPSA) is 68.3 Å². The molecule has 1 heterocycles. The summed E-state index contributed by atoms with van der Waals surface area (Å²) in [5.74, 6) is -0.851. The van der Waals surface area contributed by atoms with E-state index in [0.717, 1.165) is 0 Å².